The number of imidazole rings is 1. The van der Waals surface area contributed by atoms with Gasteiger partial charge in [-0.05, 0) is 6.92 Å². The lowest BCUT2D eigenvalue weighted by Gasteiger charge is -1.84. The van der Waals surface area contributed by atoms with Crippen molar-refractivity contribution in [2.24, 2.45) is 0 Å². The van der Waals surface area contributed by atoms with Gasteiger partial charge in [-0.15, -0.1) is 11.3 Å². The Hall–Kier alpha value is -1.36. The second-order valence-electron chi connectivity index (χ2n) is 2.40. The van der Waals surface area contributed by atoms with Crippen LogP contribution in [0.5, 0.6) is 5.88 Å². The van der Waals surface area contributed by atoms with Crippen LogP contribution < -0.4 is 0 Å². The summed E-state index contributed by atoms with van der Waals surface area (Å²) in [6, 6.07) is 0. The van der Waals surface area contributed by atoms with E-state index in [9.17, 15) is 5.11 Å². The van der Waals surface area contributed by atoms with Crippen molar-refractivity contribution in [3.05, 3.63) is 17.4 Å². The summed E-state index contributed by atoms with van der Waals surface area (Å²) >= 11 is 1.48. The molecule has 0 unspecified atom stereocenters. The van der Waals surface area contributed by atoms with E-state index in [4.69, 9.17) is 0 Å². The number of nitrogens with zero attached hydrogens (tertiary/aromatic N) is 2. The highest BCUT2D eigenvalue weighted by Gasteiger charge is 2.07. The van der Waals surface area contributed by atoms with E-state index in [1.807, 2.05) is 0 Å². The molecule has 0 aliphatic rings. The van der Waals surface area contributed by atoms with Crippen molar-refractivity contribution in [2.75, 3.05) is 0 Å². The van der Waals surface area contributed by atoms with Crippen LogP contribution in [0.25, 0.3) is 10.7 Å². The van der Waals surface area contributed by atoms with Crippen LogP contribution in [0.4, 0.5) is 0 Å². The third kappa shape index (κ3) is 1.08. The molecule has 5 heteroatoms. The molecule has 2 rings (SSSR count). The van der Waals surface area contributed by atoms with Gasteiger partial charge in [-0.1, -0.05) is 0 Å². The van der Waals surface area contributed by atoms with E-state index >= 15 is 0 Å². The zero-order valence-electron chi connectivity index (χ0n) is 6.40. The Bertz CT molecular complexity index is 360. The minimum Gasteiger partial charge on any atom is -0.492 e. The molecule has 0 aromatic carbocycles. The maximum atomic E-state index is 9.18. The molecule has 0 saturated heterocycles. The zero-order chi connectivity index (χ0) is 8.55. The van der Waals surface area contributed by atoms with Gasteiger partial charge >= 0.3 is 0 Å². The van der Waals surface area contributed by atoms with Gasteiger partial charge < -0.3 is 10.1 Å². The maximum absolute atomic E-state index is 9.18. The molecule has 0 saturated carbocycles. The smallest absolute Gasteiger partial charge is 0.232 e. The molecule has 4 nitrogen and oxygen atoms in total. The summed E-state index contributed by atoms with van der Waals surface area (Å²) in [4.78, 5) is 11.7. The van der Waals surface area contributed by atoms with E-state index in [1.165, 1.54) is 11.3 Å². The lowest BCUT2D eigenvalue weighted by atomic mass is 10.5. The third-order valence-electron chi connectivity index (χ3n) is 1.52. The van der Waals surface area contributed by atoms with Gasteiger partial charge in [0, 0.05) is 6.20 Å². The number of rotatable bonds is 1. The average Bonchev–Trinajstić information content (AvgIpc) is 2.61. The van der Waals surface area contributed by atoms with Gasteiger partial charge in [0.2, 0.25) is 5.88 Å². The highest BCUT2D eigenvalue weighted by molar-refractivity contribution is 7.13. The number of hydrogen-bond acceptors (Lipinski definition) is 4. The predicted molar refractivity (Wildman–Crippen MR) is 46.1 cm³/mol. The summed E-state index contributed by atoms with van der Waals surface area (Å²) in [6.45, 7) is 1.77. The molecule has 0 bridgehead atoms. The molecule has 2 aromatic rings. The fourth-order valence-electron chi connectivity index (χ4n) is 0.901. The van der Waals surface area contributed by atoms with Crippen molar-refractivity contribution in [3.8, 4) is 16.6 Å². The molecule has 0 fully saturated rings. The van der Waals surface area contributed by atoms with Crippen LogP contribution in [0.1, 0.15) is 5.69 Å². The summed E-state index contributed by atoms with van der Waals surface area (Å²) in [5.74, 6) is 0.728. The Morgan fingerprint density at radius 1 is 1.58 bits per heavy atom. The fourth-order valence-corrected chi connectivity index (χ4v) is 1.47. The summed E-state index contributed by atoms with van der Waals surface area (Å²) in [5.41, 5.74) is 2.41. The first-order valence-corrected chi connectivity index (χ1v) is 4.30. The van der Waals surface area contributed by atoms with Gasteiger partial charge in [0.1, 0.15) is 0 Å². The van der Waals surface area contributed by atoms with E-state index < -0.39 is 0 Å². The van der Waals surface area contributed by atoms with Crippen molar-refractivity contribution < 1.29 is 5.11 Å². The standard InChI is InChI=1S/C7H7N3OS/c1-4-7(11)10-6(9-4)5-2-8-3-12-5/h2-3,11H,1H3,(H,9,10). The molecule has 62 valence electrons. The van der Waals surface area contributed by atoms with Crippen molar-refractivity contribution >= 4 is 11.3 Å². The van der Waals surface area contributed by atoms with E-state index in [-0.39, 0.29) is 5.88 Å². The minimum absolute atomic E-state index is 0.0541. The number of aromatic hydroxyl groups is 1. The Morgan fingerprint density at radius 2 is 2.42 bits per heavy atom. The summed E-state index contributed by atoms with van der Waals surface area (Å²) in [5, 5.41) is 9.18. The van der Waals surface area contributed by atoms with Crippen molar-refractivity contribution in [1.29, 1.82) is 0 Å². The second-order valence-corrected chi connectivity index (χ2v) is 3.29. The second kappa shape index (κ2) is 2.60. The van der Waals surface area contributed by atoms with Crippen LogP contribution in [0.2, 0.25) is 0 Å². The summed E-state index contributed by atoms with van der Waals surface area (Å²) in [6.07, 6.45) is 1.71. The van der Waals surface area contributed by atoms with E-state index in [0.29, 0.717) is 11.5 Å². The van der Waals surface area contributed by atoms with Crippen LogP contribution in [0.3, 0.4) is 0 Å². The first-order chi connectivity index (χ1) is 5.77. The first-order valence-electron chi connectivity index (χ1n) is 3.42. The summed E-state index contributed by atoms with van der Waals surface area (Å²) in [7, 11) is 0. The Balaban J connectivity index is 2.48. The molecule has 2 heterocycles. The van der Waals surface area contributed by atoms with Gasteiger partial charge in [-0.3, -0.25) is 4.98 Å². The minimum atomic E-state index is 0.0541. The number of aromatic amines is 1. The lowest BCUT2D eigenvalue weighted by Crippen LogP contribution is -1.73. The van der Waals surface area contributed by atoms with Crippen LogP contribution in [-0.2, 0) is 0 Å². The summed E-state index contributed by atoms with van der Waals surface area (Å²) < 4.78 is 0. The number of H-pyrrole nitrogens is 1. The average molecular weight is 181 g/mol. The monoisotopic (exact) mass is 181 g/mol. The molecule has 0 radical (unpaired) electrons. The van der Waals surface area contributed by atoms with Crippen molar-refractivity contribution in [2.45, 2.75) is 6.92 Å². The molecule has 12 heavy (non-hydrogen) atoms. The van der Waals surface area contributed by atoms with Crippen molar-refractivity contribution in [3.63, 3.8) is 0 Å². The lowest BCUT2D eigenvalue weighted by molar-refractivity contribution is 0.452. The van der Waals surface area contributed by atoms with Crippen molar-refractivity contribution in [1.82, 2.24) is 15.0 Å². The van der Waals surface area contributed by atoms with E-state index in [1.54, 1.807) is 18.6 Å². The number of aromatic nitrogens is 3. The Labute approximate surface area is 72.9 Å². The largest absolute Gasteiger partial charge is 0.492 e. The molecule has 2 N–H and O–H groups in total. The number of aryl methyl sites for hydroxylation is 1. The normalized spacial score (nSPS) is 10.4. The van der Waals surface area contributed by atoms with Crippen LogP contribution in [0, 0.1) is 6.92 Å². The third-order valence-corrected chi connectivity index (χ3v) is 2.30. The SMILES string of the molecule is Cc1[nH]c(-c2cncs2)nc1O. The zero-order valence-corrected chi connectivity index (χ0v) is 7.22. The molecule has 0 atom stereocenters. The van der Waals surface area contributed by atoms with Gasteiger partial charge in [-0.25, -0.2) is 0 Å². The molecule has 2 aromatic heterocycles. The van der Waals surface area contributed by atoms with Crippen LogP contribution >= 0.6 is 11.3 Å². The Kier molecular flexibility index (Phi) is 1.58. The van der Waals surface area contributed by atoms with E-state index in [2.05, 4.69) is 15.0 Å². The quantitative estimate of drug-likeness (QED) is 0.701. The molecule has 0 aliphatic heterocycles. The molecule has 0 amide bonds. The maximum Gasteiger partial charge on any atom is 0.232 e. The van der Waals surface area contributed by atoms with Gasteiger partial charge in [-0.2, -0.15) is 4.98 Å². The molecular formula is C7H7N3OS. The number of hydrogen-bond donors (Lipinski definition) is 2. The van der Waals surface area contributed by atoms with E-state index in [0.717, 1.165) is 4.88 Å². The molecule has 0 aliphatic carbocycles. The molecular weight excluding hydrogens is 174 g/mol. The highest BCUT2D eigenvalue weighted by Crippen LogP contribution is 2.23. The van der Waals surface area contributed by atoms with Crippen LogP contribution in [-0.4, -0.2) is 20.1 Å². The van der Waals surface area contributed by atoms with Gasteiger partial charge in [0.25, 0.3) is 0 Å². The molecule has 0 spiro atoms. The van der Waals surface area contributed by atoms with Gasteiger partial charge in [0.05, 0.1) is 16.1 Å². The fraction of sp³-hybridized carbons (Fsp3) is 0.143. The topological polar surface area (TPSA) is 61.8 Å². The predicted octanol–water partition coefficient (Wildman–Crippen LogP) is 1.55. The highest BCUT2D eigenvalue weighted by atomic mass is 32.1. The first kappa shape index (κ1) is 7.30. The Morgan fingerprint density at radius 3 is 2.92 bits per heavy atom. The number of thiazole rings is 1. The van der Waals surface area contributed by atoms with Crippen LogP contribution in [0.15, 0.2) is 11.7 Å². The number of nitrogens with one attached hydrogen (secondary N) is 1. The van der Waals surface area contributed by atoms with Gasteiger partial charge in [0.15, 0.2) is 5.82 Å².